The van der Waals surface area contributed by atoms with Crippen molar-refractivity contribution in [3.8, 4) is 0 Å². The van der Waals surface area contributed by atoms with Crippen molar-refractivity contribution in [3.63, 3.8) is 0 Å². The number of nitrogens with two attached hydrogens (primary N) is 1. The number of aliphatic hydroxyl groups excluding tert-OH is 1. The highest BCUT2D eigenvalue weighted by Gasteiger charge is 2.14. The topological polar surface area (TPSA) is 102 Å². The highest BCUT2D eigenvalue weighted by Crippen LogP contribution is 1.93. The normalized spacial score (nSPS) is 10.4. The lowest BCUT2D eigenvalue weighted by molar-refractivity contribution is -0.520. The van der Waals surface area contributed by atoms with Crippen molar-refractivity contribution in [2.45, 2.75) is 13.0 Å². The van der Waals surface area contributed by atoms with E-state index in [1.54, 1.807) is 19.0 Å². The number of ether oxygens (including phenoxy) is 1. The van der Waals surface area contributed by atoms with E-state index in [1.807, 2.05) is 0 Å². The van der Waals surface area contributed by atoms with Gasteiger partial charge in [0.25, 0.3) is 10.3 Å². The Balaban J connectivity index is 0. The van der Waals surface area contributed by atoms with Crippen LogP contribution in [0.25, 0.3) is 0 Å². The fourth-order valence-corrected chi connectivity index (χ4v) is 0.450. The van der Waals surface area contributed by atoms with Gasteiger partial charge in [-0.25, -0.2) is 0 Å². The molecule has 1 atom stereocenters. The van der Waals surface area contributed by atoms with Crippen molar-refractivity contribution in [2.24, 2.45) is 5.73 Å². The molecule has 94 valence electrons. The van der Waals surface area contributed by atoms with Crippen LogP contribution in [-0.4, -0.2) is 52.0 Å². The second-order valence-corrected chi connectivity index (χ2v) is 3.71. The van der Waals surface area contributed by atoms with E-state index in [4.69, 9.17) is 22.1 Å². The van der Waals surface area contributed by atoms with Crippen LogP contribution in [0.5, 0.6) is 0 Å². The lowest BCUT2D eigenvalue weighted by Gasteiger charge is -2.14. The molecule has 0 aliphatic rings. The number of nitrogens with zero attached hydrogens (tertiary/aromatic N) is 2. The molecular formula is C7H15N3O4S2. The molecule has 0 heterocycles. The van der Waals surface area contributed by atoms with E-state index in [2.05, 4.69) is 18.0 Å². The van der Waals surface area contributed by atoms with E-state index in [0.717, 1.165) is 0 Å². The molecule has 0 bridgehead atoms. The zero-order chi connectivity index (χ0) is 13.3. The summed E-state index contributed by atoms with van der Waals surface area (Å²) in [5.41, 5.74) is 4.40. The first kappa shape index (κ1) is 17.2. The van der Waals surface area contributed by atoms with Crippen LogP contribution >= 0.6 is 24.4 Å². The molecule has 9 heteroatoms. The average Bonchev–Trinajstić information content (AvgIpc) is 2.12. The number of thiocarbonyl (C=S) groups is 2. The molecule has 3 N–H and O–H groups in total. The summed E-state index contributed by atoms with van der Waals surface area (Å²) >= 11 is 8.63. The third kappa shape index (κ3) is 12.8. The first-order chi connectivity index (χ1) is 7.18. The molecule has 0 saturated carbocycles. The molecule has 0 aliphatic carbocycles. The minimum absolute atomic E-state index is 0.0179. The van der Waals surface area contributed by atoms with Crippen LogP contribution in [0, 0.1) is 10.1 Å². The van der Waals surface area contributed by atoms with E-state index < -0.39 is 16.1 Å². The van der Waals surface area contributed by atoms with Crippen molar-refractivity contribution in [1.29, 1.82) is 0 Å². The fourth-order valence-electron chi connectivity index (χ4n) is 0.382. The number of rotatable bonds is 3. The summed E-state index contributed by atoms with van der Waals surface area (Å²) < 4.78 is 4.94. The Morgan fingerprint density at radius 3 is 2.25 bits per heavy atom. The van der Waals surface area contributed by atoms with Crippen LogP contribution in [0.4, 0.5) is 0 Å². The van der Waals surface area contributed by atoms with Gasteiger partial charge in [-0.05, 0) is 24.4 Å². The van der Waals surface area contributed by atoms with Crippen molar-refractivity contribution in [2.75, 3.05) is 20.7 Å². The van der Waals surface area contributed by atoms with Crippen molar-refractivity contribution in [3.05, 3.63) is 10.1 Å². The van der Waals surface area contributed by atoms with Crippen molar-refractivity contribution < 1.29 is 14.8 Å². The Bertz CT molecular complexity index is 256. The summed E-state index contributed by atoms with van der Waals surface area (Å²) in [4.78, 5) is 11.3. The molecule has 16 heavy (non-hydrogen) atoms. The molecule has 0 aromatic heterocycles. The predicted octanol–water partition coefficient (Wildman–Crippen LogP) is 0.303. The maximum atomic E-state index is 10.2. The minimum atomic E-state index is -0.720. The lowest BCUT2D eigenvalue weighted by Crippen LogP contribution is -2.28. The largest absolute Gasteiger partial charge is 0.487 e. The molecule has 0 radical (unpaired) electrons. The Hall–Kier alpha value is -1.22. The van der Waals surface area contributed by atoms with Gasteiger partial charge in [0.1, 0.15) is 0 Å². The molecule has 0 fully saturated rings. The second-order valence-electron chi connectivity index (χ2n) is 2.94. The molecule has 1 unspecified atom stereocenters. The average molecular weight is 269 g/mol. The summed E-state index contributed by atoms with van der Waals surface area (Å²) in [6, 6.07) is -0.720. The van der Waals surface area contributed by atoms with Gasteiger partial charge in [0.05, 0.1) is 0 Å². The van der Waals surface area contributed by atoms with Gasteiger partial charge < -0.3 is 20.5 Å². The molecule has 0 spiro atoms. The SMILES string of the molecule is CC(COC(=S)N(C)C)[N+](=O)[O-].NC(O)=S. The first-order valence-corrected chi connectivity index (χ1v) is 4.96. The Kier molecular flexibility index (Phi) is 9.71. The number of hydrogen-bond donors (Lipinski definition) is 2. The zero-order valence-corrected chi connectivity index (χ0v) is 10.9. The molecule has 7 nitrogen and oxygen atoms in total. The summed E-state index contributed by atoms with van der Waals surface area (Å²) in [6.07, 6.45) is 0. The highest BCUT2D eigenvalue weighted by molar-refractivity contribution is 7.80. The zero-order valence-electron chi connectivity index (χ0n) is 9.24. The monoisotopic (exact) mass is 269 g/mol. The van der Waals surface area contributed by atoms with Crippen LogP contribution in [0.15, 0.2) is 0 Å². The van der Waals surface area contributed by atoms with E-state index in [-0.39, 0.29) is 11.8 Å². The van der Waals surface area contributed by atoms with Gasteiger partial charge in [-0.3, -0.25) is 10.1 Å². The Morgan fingerprint density at radius 1 is 1.62 bits per heavy atom. The summed E-state index contributed by atoms with van der Waals surface area (Å²) in [5, 5.41) is 17.5. The molecule has 0 aromatic carbocycles. The third-order valence-corrected chi connectivity index (χ3v) is 1.66. The van der Waals surface area contributed by atoms with Crippen LogP contribution in [-0.2, 0) is 4.74 Å². The summed E-state index contributed by atoms with van der Waals surface area (Å²) in [6.45, 7) is 1.49. The summed E-state index contributed by atoms with van der Waals surface area (Å²) in [7, 11) is 3.44. The van der Waals surface area contributed by atoms with Crippen LogP contribution in [0.1, 0.15) is 6.92 Å². The molecular weight excluding hydrogens is 254 g/mol. The molecule has 0 saturated heterocycles. The number of aliphatic hydroxyl groups is 1. The van der Waals surface area contributed by atoms with Gasteiger partial charge in [-0.15, -0.1) is 0 Å². The molecule has 0 aliphatic heterocycles. The smallest absolute Gasteiger partial charge is 0.259 e. The van der Waals surface area contributed by atoms with E-state index in [9.17, 15) is 10.1 Å². The van der Waals surface area contributed by atoms with Crippen molar-refractivity contribution >= 4 is 34.8 Å². The molecule has 0 aromatic rings. The van der Waals surface area contributed by atoms with Crippen LogP contribution in [0.3, 0.4) is 0 Å². The highest BCUT2D eigenvalue weighted by atomic mass is 32.1. The Morgan fingerprint density at radius 2 is 2.00 bits per heavy atom. The van der Waals surface area contributed by atoms with Gasteiger partial charge in [-0.2, -0.15) is 0 Å². The van der Waals surface area contributed by atoms with Gasteiger partial charge in [0, 0.05) is 25.9 Å². The summed E-state index contributed by atoms with van der Waals surface area (Å²) in [5.74, 6) is 0. The van der Waals surface area contributed by atoms with Gasteiger partial charge in [0.15, 0.2) is 6.61 Å². The predicted molar refractivity (Wildman–Crippen MR) is 68.1 cm³/mol. The molecule has 0 rings (SSSR count). The number of hydrogen-bond acceptors (Lipinski definition) is 5. The maximum absolute atomic E-state index is 10.2. The van der Waals surface area contributed by atoms with Gasteiger partial charge >= 0.3 is 0 Å². The standard InChI is InChI=1S/C6H12N2O3S.CH3NOS/c1-5(8(9)10)4-11-6(12)7(2)3;2-1(3)4/h5H,4H2,1-3H3;(H3,2,3,4). The van der Waals surface area contributed by atoms with Crippen LogP contribution < -0.4 is 5.73 Å². The lowest BCUT2D eigenvalue weighted by atomic mass is 10.4. The Labute approximate surface area is 104 Å². The van der Waals surface area contributed by atoms with Crippen molar-refractivity contribution in [1.82, 2.24) is 4.90 Å². The van der Waals surface area contributed by atoms with E-state index in [0.29, 0.717) is 0 Å². The first-order valence-electron chi connectivity index (χ1n) is 4.14. The molecule has 0 amide bonds. The third-order valence-electron chi connectivity index (χ3n) is 1.17. The van der Waals surface area contributed by atoms with E-state index >= 15 is 0 Å². The fraction of sp³-hybridized carbons (Fsp3) is 0.714. The van der Waals surface area contributed by atoms with E-state index in [1.165, 1.54) is 6.92 Å². The van der Waals surface area contributed by atoms with Gasteiger partial charge in [-0.1, -0.05) is 0 Å². The quantitative estimate of drug-likeness (QED) is 0.428. The van der Waals surface area contributed by atoms with Gasteiger partial charge in [0.2, 0.25) is 6.04 Å². The van der Waals surface area contributed by atoms with Crippen LogP contribution in [0.2, 0.25) is 0 Å². The number of nitro groups is 1. The second kappa shape index (κ2) is 9.04. The minimum Gasteiger partial charge on any atom is -0.487 e. The maximum Gasteiger partial charge on any atom is 0.259 e.